The normalized spacial score (nSPS) is 12.1. The van der Waals surface area contributed by atoms with Gasteiger partial charge in [-0.2, -0.15) is 4.39 Å². The number of nitrogens with zero attached hydrogens (tertiary/aromatic N) is 1. The van der Waals surface area contributed by atoms with E-state index in [4.69, 9.17) is 10.7 Å². The Balaban J connectivity index is 3.62. The molecule has 0 amide bonds. The molecule has 0 saturated carbocycles. The summed E-state index contributed by atoms with van der Waals surface area (Å²) < 4.78 is 58.7. The summed E-state index contributed by atoms with van der Waals surface area (Å²) in [5, 5.41) is 0. The van der Waals surface area contributed by atoms with E-state index < -0.39 is 36.5 Å². The molecule has 0 radical (unpaired) electrons. The summed E-state index contributed by atoms with van der Waals surface area (Å²) in [6.45, 7) is 0. The Labute approximate surface area is 95.8 Å². The smallest absolute Gasteiger partial charge is 0.211 e. The quantitative estimate of drug-likeness (QED) is 0.621. The lowest BCUT2D eigenvalue weighted by molar-refractivity contribution is 0.147. The van der Waals surface area contributed by atoms with Gasteiger partial charge in [0, 0.05) is 22.3 Å². The topological polar surface area (TPSA) is 47.0 Å². The van der Waals surface area contributed by atoms with Crippen LogP contribution in [0.5, 0.6) is 0 Å². The molecule has 1 heterocycles. The Hall–Kier alpha value is -0.340. The summed E-state index contributed by atoms with van der Waals surface area (Å²) in [6, 6.07) is 0.324. The first-order valence-electron chi connectivity index (χ1n) is 3.32. The second-order valence-electron chi connectivity index (χ2n) is 2.39. The molecule has 0 aliphatic heterocycles. The van der Waals surface area contributed by atoms with Crippen LogP contribution in [0.4, 0.5) is 13.2 Å². The fourth-order valence-corrected chi connectivity index (χ4v) is 3.37. The van der Waals surface area contributed by atoms with Crippen LogP contribution in [0.1, 0.15) is 12.0 Å². The van der Waals surface area contributed by atoms with E-state index in [1.165, 1.54) is 0 Å². The molecule has 9 heteroatoms. The van der Waals surface area contributed by atoms with E-state index in [1.807, 2.05) is 0 Å². The first-order valence-corrected chi connectivity index (χ1v) is 6.42. The molecule has 3 nitrogen and oxygen atoms in total. The van der Waals surface area contributed by atoms with Crippen molar-refractivity contribution in [1.29, 1.82) is 0 Å². The van der Waals surface area contributed by atoms with Crippen LogP contribution in [-0.2, 0) is 9.05 Å². The Morgan fingerprint density at radius 2 is 2.00 bits per heavy atom. The van der Waals surface area contributed by atoms with Crippen molar-refractivity contribution in [2.75, 3.05) is 0 Å². The standard InChI is InChI=1S/C6H2BrClF3NO2S/c7-5-4(15(8,13)14)2(6(10)11)1-3(9)12-5/h1,6H. The second kappa shape index (κ2) is 4.26. The number of hydrogen-bond acceptors (Lipinski definition) is 3. The molecular formula is C6H2BrClF3NO2S. The van der Waals surface area contributed by atoms with Gasteiger partial charge in [-0.25, -0.2) is 22.2 Å². The average Bonchev–Trinajstić information content (AvgIpc) is 1.99. The van der Waals surface area contributed by atoms with Crippen molar-refractivity contribution < 1.29 is 21.6 Å². The maximum absolute atomic E-state index is 12.6. The van der Waals surface area contributed by atoms with E-state index >= 15 is 0 Å². The predicted octanol–water partition coefficient (Wildman–Crippen LogP) is 2.85. The number of alkyl halides is 2. The molecule has 0 N–H and O–H groups in total. The van der Waals surface area contributed by atoms with Crippen molar-refractivity contribution in [3.05, 3.63) is 22.2 Å². The van der Waals surface area contributed by atoms with Crippen molar-refractivity contribution in [2.24, 2.45) is 0 Å². The highest BCUT2D eigenvalue weighted by molar-refractivity contribution is 9.10. The van der Waals surface area contributed by atoms with Gasteiger partial charge in [-0.05, 0) is 15.9 Å². The van der Waals surface area contributed by atoms with Crippen LogP contribution in [0.15, 0.2) is 15.6 Å². The molecular weight excluding hydrogens is 322 g/mol. The Morgan fingerprint density at radius 3 is 2.40 bits per heavy atom. The number of aromatic nitrogens is 1. The van der Waals surface area contributed by atoms with E-state index in [1.54, 1.807) is 0 Å². The Morgan fingerprint density at radius 1 is 1.47 bits per heavy atom. The zero-order chi connectivity index (χ0) is 11.8. The van der Waals surface area contributed by atoms with Crippen LogP contribution in [0.3, 0.4) is 0 Å². The van der Waals surface area contributed by atoms with Crippen molar-refractivity contribution in [3.63, 3.8) is 0 Å². The lowest BCUT2D eigenvalue weighted by Crippen LogP contribution is -2.03. The SMILES string of the molecule is O=S(=O)(Cl)c1c(C(F)F)cc(F)nc1Br. The molecule has 0 unspecified atom stereocenters. The van der Waals surface area contributed by atoms with Gasteiger partial charge in [0.1, 0.15) is 9.50 Å². The first-order chi connectivity index (χ1) is 6.73. The minimum absolute atomic E-state index is 0.324. The van der Waals surface area contributed by atoms with E-state index in [9.17, 15) is 21.6 Å². The van der Waals surface area contributed by atoms with Gasteiger partial charge in [-0.15, -0.1) is 0 Å². The highest BCUT2D eigenvalue weighted by atomic mass is 79.9. The summed E-state index contributed by atoms with van der Waals surface area (Å²) >= 11 is 2.55. The number of rotatable bonds is 2. The molecule has 0 bridgehead atoms. The largest absolute Gasteiger partial charge is 0.265 e. The van der Waals surface area contributed by atoms with Crippen LogP contribution in [0.25, 0.3) is 0 Å². The lowest BCUT2D eigenvalue weighted by atomic mass is 10.3. The molecule has 0 atom stereocenters. The van der Waals surface area contributed by atoms with Gasteiger partial charge in [0.2, 0.25) is 5.95 Å². The Bertz CT molecular complexity index is 493. The third kappa shape index (κ3) is 2.82. The number of hydrogen-bond donors (Lipinski definition) is 0. The number of pyridine rings is 1. The molecule has 1 aromatic rings. The zero-order valence-electron chi connectivity index (χ0n) is 6.72. The third-order valence-electron chi connectivity index (χ3n) is 1.41. The second-order valence-corrected chi connectivity index (χ2v) is 5.65. The van der Waals surface area contributed by atoms with Crippen molar-refractivity contribution in [1.82, 2.24) is 4.98 Å². The van der Waals surface area contributed by atoms with Gasteiger partial charge in [-0.3, -0.25) is 0 Å². The summed E-state index contributed by atoms with van der Waals surface area (Å²) in [5.41, 5.74) is -1.02. The maximum atomic E-state index is 12.6. The predicted molar refractivity (Wildman–Crippen MR) is 49.9 cm³/mol. The molecule has 0 aliphatic rings. The van der Waals surface area contributed by atoms with E-state index in [0.717, 1.165) is 0 Å². The monoisotopic (exact) mass is 323 g/mol. The van der Waals surface area contributed by atoms with Gasteiger partial charge >= 0.3 is 0 Å². The average molecular weight is 325 g/mol. The highest BCUT2D eigenvalue weighted by Crippen LogP contribution is 2.33. The molecule has 0 aliphatic carbocycles. The summed E-state index contributed by atoms with van der Waals surface area (Å²) in [5.74, 6) is -1.22. The molecule has 1 rings (SSSR count). The third-order valence-corrected chi connectivity index (χ3v) is 3.62. The molecule has 0 fully saturated rings. The van der Waals surface area contributed by atoms with Crippen molar-refractivity contribution in [3.8, 4) is 0 Å². The molecule has 0 aromatic carbocycles. The van der Waals surface area contributed by atoms with Crippen molar-refractivity contribution in [2.45, 2.75) is 11.3 Å². The fourth-order valence-electron chi connectivity index (χ4n) is 0.893. The van der Waals surface area contributed by atoms with Crippen LogP contribution in [-0.4, -0.2) is 13.4 Å². The van der Waals surface area contributed by atoms with Crippen molar-refractivity contribution >= 4 is 35.7 Å². The maximum Gasteiger partial charge on any atom is 0.265 e. The van der Waals surface area contributed by atoms with Crippen LogP contribution in [0, 0.1) is 5.95 Å². The van der Waals surface area contributed by atoms with Crippen LogP contribution < -0.4 is 0 Å². The van der Waals surface area contributed by atoms with Crippen LogP contribution >= 0.6 is 26.6 Å². The number of halogens is 5. The van der Waals surface area contributed by atoms with Gasteiger partial charge in [0.05, 0.1) is 0 Å². The Kier molecular flexibility index (Phi) is 3.62. The summed E-state index contributed by atoms with van der Waals surface area (Å²) in [4.78, 5) is 2.12. The molecule has 0 saturated heterocycles. The summed E-state index contributed by atoms with van der Waals surface area (Å²) in [7, 11) is 0.502. The lowest BCUT2D eigenvalue weighted by Gasteiger charge is -2.07. The molecule has 84 valence electrons. The van der Waals surface area contributed by atoms with E-state index in [0.29, 0.717) is 6.07 Å². The van der Waals surface area contributed by atoms with Gasteiger partial charge < -0.3 is 0 Å². The summed E-state index contributed by atoms with van der Waals surface area (Å²) in [6.07, 6.45) is -3.16. The van der Waals surface area contributed by atoms with Gasteiger partial charge in [0.25, 0.3) is 15.5 Å². The molecule has 0 spiro atoms. The molecule has 1 aromatic heterocycles. The van der Waals surface area contributed by atoms with Crippen LogP contribution in [0.2, 0.25) is 0 Å². The minimum Gasteiger partial charge on any atom is -0.211 e. The van der Waals surface area contributed by atoms with Gasteiger partial charge in [0.15, 0.2) is 0 Å². The van der Waals surface area contributed by atoms with Gasteiger partial charge in [-0.1, -0.05) is 0 Å². The first kappa shape index (κ1) is 12.7. The highest BCUT2D eigenvalue weighted by Gasteiger charge is 2.26. The minimum atomic E-state index is -4.41. The van der Waals surface area contributed by atoms with E-state index in [-0.39, 0.29) is 0 Å². The zero-order valence-corrected chi connectivity index (χ0v) is 9.87. The molecule has 15 heavy (non-hydrogen) atoms. The fraction of sp³-hybridized carbons (Fsp3) is 0.167. The van der Waals surface area contributed by atoms with E-state index in [2.05, 4.69) is 20.9 Å².